The molecular formula is C18H29ClN2. The van der Waals surface area contributed by atoms with E-state index in [1.54, 1.807) is 0 Å². The van der Waals surface area contributed by atoms with Crippen molar-refractivity contribution in [1.29, 1.82) is 0 Å². The van der Waals surface area contributed by atoms with Gasteiger partial charge in [-0.25, -0.2) is 0 Å². The molecule has 0 radical (unpaired) electrons. The molecular weight excluding hydrogens is 280 g/mol. The largest absolute Gasteiger partial charge is 0.309 e. The topological polar surface area (TPSA) is 15.3 Å². The highest BCUT2D eigenvalue weighted by Gasteiger charge is 2.38. The molecule has 1 N–H and O–H groups in total. The number of benzene rings is 1. The number of hydrogen-bond acceptors (Lipinski definition) is 2. The summed E-state index contributed by atoms with van der Waals surface area (Å²) in [7, 11) is 0. The summed E-state index contributed by atoms with van der Waals surface area (Å²) in [6, 6.07) is 6.91. The fraction of sp³-hybridized carbons (Fsp3) is 0.667. The minimum Gasteiger partial charge on any atom is -0.309 e. The van der Waals surface area contributed by atoms with Crippen LogP contribution in [0.4, 0.5) is 0 Å². The highest BCUT2D eigenvalue weighted by Crippen LogP contribution is 2.31. The fourth-order valence-electron chi connectivity index (χ4n) is 3.20. The minimum atomic E-state index is 0.152. The summed E-state index contributed by atoms with van der Waals surface area (Å²) in [4.78, 5) is 2.59. The predicted octanol–water partition coefficient (Wildman–Crippen LogP) is 4.25. The van der Waals surface area contributed by atoms with Crippen molar-refractivity contribution in [2.24, 2.45) is 5.41 Å². The normalized spacial score (nSPS) is 23.3. The van der Waals surface area contributed by atoms with Crippen molar-refractivity contribution < 1.29 is 0 Å². The number of halogens is 1. The van der Waals surface area contributed by atoms with Gasteiger partial charge in [-0.1, -0.05) is 44.5 Å². The lowest BCUT2D eigenvalue weighted by Gasteiger charge is -2.49. The van der Waals surface area contributed by atoms with Gasteiger partial charge in [0.15, 0.2) is 0 Å². The molecule has 1 fully saturated rings. The summed E-state index contributed by atoms with van der Waals surface area (Å²) in [5.41, 5.74) is 2.85. The zero-order valence-corrected chi connectivity index (χ0v) is 15.0. The summed E-state index contributed by atoms with van der Waals surface area (Å²) in [5.74, 6) is 0. The SMILES string of the molecule is Cc1ccc(CN2CC(C)(C)NCC2C(C)(C)C)c(Cl)c1. The van der Waals surface area contributed by atoms with Crippen LogP contribution < -0.4 is 5.32 Å². The first kappa shape index (κ1) is 16.8. The smallest absolute Gasteiger partial charge is 0.0453 e. The maximum atomic E-state index is 6.44. The molecule has 0 spiro atoms. The molecule has 118 valence electrons. The lowest BCUT2D eigenvalue weighted by molar-refractivity contribution is 0.0272. The van der Waals surface area contributed by atoms with Crippen LogP contribution in [-0.4, -0.2) is 29.6 Å². The molecule has 2 rings (SSSR count). The molecule has 0 aromatic heterocycles. The average Bonchev–Trinajstić information content (AvgIpc) is 2.30. The quantitative estimate of drug-likeness (QED) is 0.879. The Kier molecular flexibility index (Phi) is 4.72. The fourth-order valence-corrected chi connectivity index (χ4v) is 3.49. The molecule has 0 saturated carbocycles. The predicted molar refractivity (Wildman–Crippen MR) is 91.9 cm³/mol. The van der Waals surface area contributed by atoms with Crippen molar-refractivity contribution in [2.45, 2.75) is 59.7 Å². The standard InChI is InChI=1S/C18H29ClN2/c1-13-7-8-14(15(19)9-13)11-21-12-18(5,6)20-10-16(21)17(2,3)4/h7-9,16,20H,10-12H2,1-6H3. The van der Waals surface area contributed by atoms with Gasteiger partial charge in [-0.2, -0.15) is 0 Å². The number of nitrogens with zero attached hydrogens (tertiary/aromatic N) is 1. The lowest BCUT2D eigenvalue weighted by Crippen LogP contribution is -2.64. The summed E-state index contributed by atoms with van der Waals surface area (Å²) in [6.45, 7) is 16.6. The molecule has 1 saturated heterocycles. The maximum Gasteiger partial charge on any atom is 0.0453 e. The van der Waals surface area contributed by atoms with Gasteiger partial charge in [-0.15, -0.1) is 0 Å². The zero-order chi connectivity index (χ0) is 15.8. The molecule has 0 aliphatic carbocycles. The Balaban J connectivity index is 2.24. The third-order valence-corrected chi connectivity index (χ3v) is 4.75. The van der Waals surface area contributed by atoms with E-state index in [4.69, 9.17) is 11.6 Å². The Bertz CT molecular complexity index is 502. The molecule has 3 heteroatoms. The highest BCUT2D eigenvalue weighted by molar-refractivity contribution is 6.31. The Hall–Kier alpha value is -0.570. The summed E-state index contributed by atoms with van der Waals surface area (Å²) in [5, 5.41) is 4.57. The highest BCUT2D eigenvalue weighted by atomic mass is 35.5. The van der Waals surface area contributed by atoms with Gasteiger partial charge in [0.05, 0.1) is 0 Å². The van der Waals surface area contributed by atoms with Crippen LogP contribution in [0.3, 0.4) is 0 Å². The van der Waals surface area contributed by atoms with Crippen LogP contribution in [0.15, 0.2) is 18.2 Å². The third-order valence-electron chi connectivity index (χ3n) is 4.39. The summed E-state index contributed by atoms with van der Waals surface area (Å²) in [6.07, 6.45) is 0. The van der Waals surface area contributed by atoms with Crippen molar-refractivity contribution in [2.75, 3.05) is 13.1 Å². The van der Waals surface area contributed by atoms with Gasteiger partial charge in [-0.05, 0) is 43.4 Å². The number of nitrogens with one attached hydrogen (secondary N) is 1. The van der Waals surface area contributed by atoms with E-state index in [0.29, 0.717) is 6.04 Å². The first-order valence-corrected chi connectivity index (χ1v) is 8.20. The van der Waals surface area contributed by atoms with Gasteiger partial charge in [0.2, 0.25) is 0 Å². The van der Waals surface area contributed by atoms with Crippen LogP contribution >= 0.6 is 11.6 Å². The van der Waals surface area contributed by atoms with Crippen LogP contribution in [0.25, 0.3) is 0 Å². The Morgan fingerprint density at radius 1 is 1.33 bits per heavy atom. The van der Waals surface area contributed by atoms with Crippen LogP contribution in [0.1, 0.15) is 45.7 Å². The van der Waals surface area contributed by atoms with E-state index in [1.807, 2.05) is 0 Å². The van der Waals surface area contributed by atoms with Gasteiger partial charge in [0, 0.05) is 36.2 Å². The third kappa shape index (κ3) is 4.21. The van der Waals surface area contributed by atoms with E-state index in [9.17, 15) is 0 Å². The molecule has 1 aromatic carbocycles. The second kappa shape index (κ2) is 5.91. The molecule has 21 heavy (non-hydrogen) atoms. The van der Waals surface area contributed by atoms with Crippen molar-refractivity contribution >= 4 is 11.6 Å². The van der Waals surface area contributed by atoms with E-state index < -0.39 is 0 Å². The Labute approximate surface area is 134 Å². The Morgan fingerprint density at radius 2 is 2.00 bits per heavy atom. The molecule has 0 amide bonds. The molecule has 0 bridgehead atoms. The van der Waals surface area contributed by atoms with Crippen molar-refractivity contribution in [3.05, 3.63) is 34.3 Å². The van der Waals surface area contributed by atoms with Crippen molar-refractivity contribution in [1.82, 2.24) is 10.2 Å². The molecule has 1 heterocycles. The monoisotopic (exact) mass is 308 g/mol. The number of rotatable bonds is 2. The van der Waals surface area contributed by atoms with Crippen molar-refractivity contribution in [3.63, 3.8) is 0 Å². The first-order chi connectivity index (χ1) is 9.58. The number of piperazine rings is 1. The molecule has 1 aliphatic rings. The van der Waals surface area contributed by atoms with Crippen LogP contribution in [0.5, 0.6) is 0 Å². The molecule has 1 aliphatic heterocycles. The Morgan fingerprint density at radius 3 is 2.57 bits per heavy atom. The molecule has 1 unspecified atom stereocenters. The van der Waals surface area contributed by atoms with Gasteiger partial charge in [0.25, 0.3) is 0 Å². The van der Waals surface area contributed by atoms with Crippen molar-refractivity contribution in [3.8, 4) is 0 Å². The summed E-state index contributed by atoms with van der Waals surface area (Å²) >= 11 is 6.44. The van der Waals surface area contributed by atoms with E-state index in [2.05, 4.69) is 70.0 Å². The van der Waals surface area contributed by atoms with E-state index >= 15 is 0 Å². The van der Waals surface area contributed by atoms with Crippen LogP contribution in [0.2, 0.25) is 5.02 Å². The van der Waals surface area contributed by atoms with Gasteiger partial charge >= 0.3 is 0 Å². The number of hydrogen-bond donors (Lipinski definition) is 1. The van der Waals surface area contributed by atoms with Crippen LogP contribution in [-0.2, 0) is 6.54 Å². The van der Waals surface area contributed by atoms with Gasteiger partial charge < -0.3 is 5.32 Å². The first-order valence-electron chi connectivity index (χ1n) is 7.83. The molecule has 2 nitrogen and oxygen atoms in total. The molecule has 1 atom stereocenters. The van der Waals surface area contributed by atoms with E-state index in [-0.39, 0.29) is 11.0 Å². The molecule has 1 aromatic rings. The summed E-state index contributed by atoms with van der Waals surface area (Å²) < 4.78 is 0. The van der Waals surface area contributed by atoms with E-state index in [1.165, 1.54) is 11.1 Å². The van der Waals surface area contributed by atoms with Gasteiger partial charge in [0.1, 0.15) is 0 Å². The maximum absolute atomic E-state index is 6.44. The second-order valence-electron chi connectivity index (χ2n) is 8.15. The van der Waals surface area contributed by atoms with E-state index in [0.717, 1.165) is 24.7 Å². The average molecular weight is 309 g/mol. The number of aryl methyl sites for hydroxylation is 1. The zero-order valence-electron chi connectivity index (χ0n) is 14.3. The second-order valence-corrected chi connectivity index (χ2v) is 8.55. The minimum absolute atomic E-state index is 0.152. The van der Waals surface area contributed by atoms with Crippen LogP contribution in [0, 0.1) is 12.3 Å². The lowest BCUT2D eigenvalue weighted by atomic mass is 9.82. The van der Waals surface area contributed by atoms with Gasteiger partial charge in [-0.3, -0.25) is 4.90 Å².